The SMILES string of the molecule is COC(OC)[SiH2]CCCOc1ccc(O)cc1[P+](c1ccc(C)cc1)(c1ccc(C)cc1)c1ccc(C)cc1.[Br-]. The predicted octanol–water partition coefficient (Wildman–Crippen LogP) is 1.87. The number of hydrogen-bond donors (Lipinski definition) is 1. The van der Waals surface area contributed by atoms with Gasteiger partial charge in [-0.3, -0.25) is 0 Å². The topological polar surface area (TPSA) is 47.9 Å². The average Bonchev–Trinajstić information content (AvgIpc) is 2.95. The number of ether oxygens (including phenoxy) is 3. The van der Waals surface area contributed by atoms with Crippen LogP contribution in [-0.4, -0.2) is 41.4 Å². The lowest BCUT2D eigenvalue weighted by atomic mass is 10.2. The first-order valence-electron chi connectivity index (χ1n) is 13.5. The van der Waals surface area contributed by atoms with Crippen LogP contribution in [0.15, 0.2) is 91.0 Å². The lowest BCUT2D eigenvalue weighted by Gasteiger charge is -2.29. The molecule has 4 aromatic carbocycles. The first kappa shape index (κ1) is 32.0. The van der Waals surface area contributed by atoms with Gasteiger partial charge in [0, 0.05) is 20.3 Å². The van der Waals surface area contributed by atoms with Crippen molar-refractivity contribution in [3.8, 4) is 11.5 Å². The molecule has 0 saturated carbocycles. The molecule has 4 nitrogen and oxygen atoms in total. The van der Waals surface area contributed by atoms with Crippen LogP contribution in [0.25, 0.3) is 0 Å². The molecular weight excluding hydrogens is 599 g/mol. The molecule has 0 atom stereocenters. The molecule has 0 aliphatic rings. The van der Waals surface area contributed by atoms with Crippen LogP contribution in [0.1, 0.15) is 23.1 Å². The number of hydrogen-bond acceptors (Lipinski definition) is 4. The Bertz CT molecular complexity index is 1230. The minimum atomic E-state index is -2.43. The average molecular weight is 640 g/mol. The van der Waals surface area contributed by atoms with Crippen LogP contribution in [0, 0.1) is 20.8 Å². The van der Waals surface area contributed by atoms with Crippen molar-refractivity contribution in [2.24, 2.45) is 0 Å². The smallest absolute Gasteiger partial charge is 0.162 e. The van der Waals surface area contributed by atoms with Gasteiger partial charge in [0.2, 0.25) is 0 Å². The van der Waals surface area contributed by atoms with Crippen molar-refractivity contribution >= 4 is 38.0 Å². The highest BCUT2D eigenvalue weighted by atomic mass is 79.9. The maximum atomic E-state index is 10.8. The Balaban J connectivity index is 0.00000441. The number of phenolic OH excluding ortho intramolecular Hbond substituents is 1. The van der Waals surface area contributed by atoms with Crippen molar-refractivity contribution in [2.75, 3.05) is 20.8 Å². The number of halogens is 1. The number of phenols is 1. The van der Waals surface area contributed by atoms with Gasteiger partial charge >= 0.3 is 0 Å². The molecule has 0 aliphatic heterocycles. The van der Waals surface area contributed by atoms with E-state index in [0.29, 0.717) is 6.61 Å². The van der Waals surface area contributed by atoms with E-state index in [1.165, 1.54) is 32.6 Å². The summed E-state index contributed by atoms with van der Waals surface area (Å²) in [6.45, 7) is 6.95. The second kappa shape index (κ2) is 15.0. The van der Waals surface area contributed by atoms with Crippen molar-refractivity contribution in [1.82, 2.24) is 0 Å². The molecule has 0 aromatic heterocycles. The van der Waals surface area contributed by atoms with Gasteiger partial charge in [0.05, 0.1) is 16.1 Å². The highest BCUT2D eigenvalue weighted by Crippen LogP contribution is 2.56. The standard InChI is InChI=1S/C33H39O4PSi.BrH/c1-24-7-14-28(15-8-24)38(29-16-9-25(2)10-17-29,30-18-11-26(3)12-19-30)32-23-27(34)13-20-31(32)37-21-6-22-39-33(35-4)36-5;/h7-20,23,33H,6,21-22,39H2,1-5H3;1H. The molecule has 0 saturated heterocycles. The zero-order valence-electron chi connectivity index (χ0n) is 24.1. The van der Waals surface area contributed by atoms with Crippen LogP contribution in [-0.2, 0) is 9.47 Å². The molecule has 40 heavy (non-hydrogen) atoms. The molecule has 4 rings (SSSR count). The van der Waals surface area contributed by atoms with E-state index in [4.69, 9.17) is 14.2 Å². The van der Waals surface area contributed by atoms with Crippen LogP contribution in [0.3, 0.4) is 0 Å². The normalized spacial score (nSPS) is 11.7. The Morgan fingerprint density at radius 1 is 0.700 bits per heavy atom. The van der Waals surface area contributed by atoms with Crippen molar-refractivity contribution in [3.05, 3.63) is 108 Å². The van der Waals surface area contributed by atoms with Gasteiger partial charge in [-0.2, -0.15) is 0 Å². The summed E-state index contributed by atoms with van der Waals surface area (Å²) in [5.74, 6) is 1.00. The highest BCUT2D eigenvalue weighted by molar-refractivity contribution is 8.01. The van der Waals surface area contributed by atoms with Crippen LogP contribution < -0.4 is 42.9 Å². The van der Waals surface area contributed by atoms with Gasteiger partial charge in [-0.15, -0.1) is 0 Å². The molecule has 7 heteroatoms. The molecule has 0 unspecified atom stereocenters. The Hall–Kier alpha value is -2.47. The van der Waals surface area contributed by atoms with E-state index in [0.717, 1.165) is 23.5 Å². The van der Waals surface area contributed by atoms with Crippen molar-refractivity contribution < 1.29 is 36.3 Å². The summed E-state index contributed by atoms with van der Waals surface area (Å²) < 4.78 is 17.3. The number of benzene rings is 4. The number of rotatable bonds is 12. The monoisotopic (exact) mass is 638 g/mol. The Morgan fingerprint density at radius 2 is 1.15 bits per heavy atom. The Kier molecular flexibility index (Phi) is 12.0. The number of methoxy groups -OCH3 is 2. The molecule has 1 N–H and O–H groups in total. The fourth-order valence-corrected chi connectivity index (χ4v) is 10.6. The van der Waals surface area contributed by atoms with Gasteiger partial charge in [0.1, 0.15) is 34.8 Å². The highest BCUT2D eigenvalue weighted by Gasteiger charge is 2.50. The van der Waals surface area contributed by atoms with Crippen molar-refractivity contribution in [2.45, 2.75) is 39.1 Å². The minimum absolute atomic E-state index is 0. The van der Waals surface area contributed by atoms with E-state index in [1.807, 2.05) is 12.1 Å². The molecular formula is C33H40BrO4PSi. The first-order valence-corrected chi connectivity index (χ1v) is 17.1. The number of aromatic hydroxyl groups is 1. The summed E-state index contributed by atoms with van der Waals surface area (Å²) in [5.41, 5.74) is 3.64. The van der Waals surface area contributed by atoms with E-state index < -0.39 is 16.8 Å². The Morgan fingerprint density at radius 3 is 1.57 bits per heavy atom. The summed E-state index contributed by atoms with van der Waals surface area (Å²) in [7, 11) is 0.459. The second-order valence-electron chi connectivity index (χ2n) is 10.1. The van der Waals surface area contributed by atoms with E-state index in [9.17, 15) is 5.11 Å². The molecule has 0 heterocycles. The van der Waals surface area contributed by atoms with Crippen LogP contribution in [0.4, 0.5) is 0 Å². The quantitative estimate of drug-likeness (QED) is 0.111. The van der Waals surface area contributed by atoms with Crippen LogP contribution in [0.2, 0.25) is 6.04 Å². The molecule has 0 radical (unpaired) electrons. The minimum Gasteiger partial charge on any atom is -1.00 e. The lowest BCUT2D eigenvalue weighted by Crippen LogP contribution is -3.00. The van der Waals surface area contributed by atoms with Crippen LogP contribution in [0.5, 0.6) is 11.5 Å². The third kappa shape index (κ3) is 7.23. The molecule has 4 aromatic rings. The maximum Gasteiger partial charge on any atom is 0.162 e. The predicted molar refractivity (Wildman–Crippen MR) is 168 cm³/mol. The maximum absolute atomic E-state index is 10.8. The van der Waals surface area contributed by atoms with Crippen LogP contribution >= 0.6 is 7.26 Å². The van der Waals surface area contributed by atoms with E-state index in [-0.39, 0.29) is 28.6 Å². The van der Waals surface area contributed by atoms with Crippen molar-refractivity contribution in [1.29, 1.82) is 0 Å². The van der Waals surface area contributed by atoms with Crippen molar-refractivity contribution in [3.63, 3.8) is 0 Å². The molecule has 212 valence electrons. The zero-order valence-corrected chi connectivity index (χ0v) is 28.0. The second-order valence-corrected chi connectivity index (χ2v) is 15.4. The summed E-state index contributed by atoms with van der Waals surface area (Å²) in [6.07, 6.45) is 0.931. The fourth-order valence-electron chi connectivity index (χ4n) is 4.99. The third-order valence-corrected chi connectivity index (χ3v) is 13.5. The van der Waals surface area contributed by atoms with Gasteiger partial charge in [-0.25, -0.2) is 0 Å². The lowest BCUT2D eigenvalue weighted by molar-refractivity contribution is -0.0441. The van der Waals surface area contributed by atoms with E-state index >= 15 is 0 Å². The van der Waals surface area contributed by atoms with Gasteiger partial charge in [-0.05, 0) is 75.7 Å². The van der Waals surface area contributed by atoms with E-state index in [2.05, 4.69) is 93.6 Å². The summed E-state index contributed by atoms with van der Waals surface area (Å²) in [4.78, 5) is 0. The molecule has 0 fully saturated rings. The van der Waals surface area contributed by atoms with Gasteiger partial charge in [0.25, 0.3) is 0 Å². The molecule has 0 aliphatic carbocycles. The summed E-state index contributed by atoms with van der Waals surface area (Å²) in [5, 5.41) is 15.6. The van der Waals surface area contributed by atoms with Gasteiger partial charge in [0.15, 0.2) is 11.1 Å². The Labute approximate surface area is 252 Å². The van der Waals surface area contributed by atoms with Gasteiger partial charge < -0.3 is 36.3 Å². The molecule has 0 spiro atoms. The molecule has 0 bridgehead atoms. The fraction of sp³-hybridized carbons (Fsp3) is 0.273. The largest absolute Gasteiger partial charge is 1.00 e. The summed E-state index contributed by atoms with van der Waals surface area (Å²) >= 11 is 0. The zero-order chi connectivity index (χ0) is 27.8. The van der Waals surface area contributed by atoms with Gasteiger partial charge in [-0.1, -0.05) is 59.1 Å². The number of aryl methyl sites for hydroxylation is 3. The van der Waals surface area contributed by atoms with E-state index in [1.54, 1.807) is 20.3 Å². The summed E-state index contributed by atoms with van der Waals surface area (Å²) in [6, 6.07) is 33.2. The molecule has 0 amide bonds. The first-order chi connectivity index (χ1) is 18.9. The third-order valence-electron chi connectivity index (χ3n) is 7.19.